The summed E-state index contributed by atoms with van der Waals surface area (Å²) in [5.41, 5.74) is 1.75. The lowest BCUT2D eigenvalue weighted by Gasteiger charge is -2.09. The van der Waals surface area contributed by atoms with Gasteiger partial charge in [0.1, 0.15) is 0 Å². The molecule has 0 saturated heterocycles. The van der Waals surface area contributed by atoms with Crippen molar-refractivity contribution >= 4 is 52.5 Å². The Morgan fingerprint density at radius 2 is 1.77 bits per heavy atom. The second-order valence-corrected chi connectivity index (χ2v) is 7.16. The molecule has 7 heteroatoms. The summed E-state index contributed by atoms with van der Waals surface area (Å²) in [5.74, 6) is -0.320. The van der Waals surface area contributed by atoms with Crippen LogP contribution in [-0.2, 0) is 0 Å². The molecule has 0 bridgehead atoms. The molecule has 0 radical (unpaired) electrons. The van der Waals surface area contributed by atoms with E-state index in [9.17, 15) is 9.59 Å². The van der Waals surface area contributed by atoms with E-state index >= 15 is 0 Å². The molecule has 1 aliphatic carbocycles. The fourth-order valence-electron chi connectivity index (χ4n) is 2.42. The normalized spacial score (nSPS) is 12.8. The summed E-state index contributed by atoms with van der Waals surface area (Å²) in [5, 5.41) is 9.09. The van der Waals surface area contributed by atoms with E-state index in [1.807, 2.05) is 18.2 Å². The Morgan fingerprint density at radius 1 is 1.00 bits per heavy atom. The first-order valence-corrected chi connectivity index (χ1v) is 9.39. The van der Waals surface area contributed by atoms with Crippen LogP contribution in [0.15, 0.2) is 48.5 Å². The summed E-state index contributed by atoms with van der Waals surface area (Å²) < 4.78 is 0.884. The quantitative estimate of drug-likeness (QED) is 0.416. The molecular formula is C19H21ClIN3O2. The van der Waals surface area contributed by atoms with E-state index in [0.717, 1.165) is 10.1 Å². The van der Waals surface area contributed by atoms with Crippen LogP contribution < -0.4 is 16.0 Å². The molecule has 2 aromatic carbocycles. The van der Waals surface area contributed by atoms with Crippen molar-refractivity contribution in [3.05, 3.63) is 63.2 Å². The first-order chi connectivity index (χ1) is 12.1. The number of halogens is 2. The fraction of sp³-hybridized carbons (Fsp3) is 0.263. The molecule has 5 nitrogen and oxygen atoms in total. The fourth-order valence-corrected chi connectivity index (χ4v) is 3.06. The third kappa shape index (κ3) is 5.96. The Morgan fingerprint density at radius 3 is 2.50 bits per heavy atom. The number of carbonyl (C=O) groups is 2. The lowest BCUT2D eigenvalue weighted by atomic mass is 10.1. The van der Waals surface area contributed by atoms with Crippen LogP contribution in [0.4, 0.5) is 5.69 Å². The maximum atomic E-state index is 12.4. The van der Waals surface area contributed by atoms with Gasteiger partial charge in [-0.1, -0.05) is 18.2 Å². The number of amides is 2. The third-order valence-electron chi connectivity index (χ3n) is 3.92. The van der Waals surface area contributed by atoms with Crippen molar-refractivity contribution in [2.45, 2.75) is 18.9 Å². The molecule has 1 aliphatic rings. The Bertz CT molecular complexity index is 781. The molecule has 26 heavy (non-hydrogen) atoms. The van der Waals surface area contributed by atoms with E-state index in [1.54, 1.807) is 30.3 Å². The maximum Gasteiger partial charge on any atom is 0.256 e. The smallest absolute Gasteiger partial charge is 0.256 e. The number of nitrogens with one attached hydrogen (secondary N) is 3. The summed E-state index contributed by atoms with van der Waals surface area (Å²) >= 11 is 2.13. The average Bonchev–Trinajstić information content (AvgIpc) is 3.43. The number of rotatable bonds is 7. The van der Waals surface area contributed by atoms with Gasteiger partial charge in [-0.25, -0.2) is 0 Å². The molecule has 0 atom stereocenters. The molecule has 1 saturated carbocycles. The molecule has 3 rings (SSSR count). The van der Waals surface area contributed by atoms with Crippen LogP contribution in [0.3, 0.4) is 0 Å². The third-order valence-corrected chi connectivity index (χ3v) is 4.86. The molecule has 138 valence electrons. The highest BCUT2D eigenvalue weighted by molar-refractivity contribution is 14.1. The molecule has 0 heterocycles. The number of hydrogen-bond donors (Lipinski definition) is 3. The van der Waals surface area contributed by atoms with Gasteiger partial charge in [0.15, 0.2) is 0 Å². The van der Waals surface area contributed by atoms with Gasteiger partial charge in [-0.05, 0) is 65.8 Å². The van der Waals surface area contributed by atoms with Crippen LogP contribution in [-0.4, -0.2) is 30.9 Å². The number of benzene rings is 2. The minimum atomic E-state index is -0.184. The second-order valence-electron chi connectivity index (χ2n) is 6.00. The van der Waals surface area contributed by atoms with Gasteiger partial charge in [0, 0.05) is 34.0 Å². The molecule has 0 aliphatic heterocycles. The van der Waals surface area contributed by atoms with E-state index in [1.165, 1.54) is 12.8 Å². The van der Waals surface area contributed by atoms with Gasteiger partial charge in [0.2, 0.25) is 0 Å². The van der Waals surface area contributed by atoms with Gasteiger partial charge in [-0.2, -0.15) is 0 Å². The first-order valence-electron chi connectivity index (χ1n) is 8.31. The van der Waals surface area contributed by atoms with Gasteiger partial charge >= 0.3 is 0 Å². The SMILES string of the molecule is Cl.O=C(NCCNC1CC1)c1cccc(NC(=O)c2ccccc2I)c1. The van der Waals surface area contributed by atoms with E-state index in [2.05, 4.69) is 38.5 Å². The topological polar surface area (TPSA) is 70.2 Å². The van der Waals surface area contributed by atoms with Crippen molar-refractivity contribution in [3.63, 3.8) is 0 Å². The van der Waals surface area contributed by atoms with Crippen molar-refractivity contribution < 1.29 is 9.59 Å². The predicted molar refractivity (Wildman–Crippen MR) is 114 cm³/mol. The van der Waals surface area contributed by atoms with Crippen molar-refractivity contribution in [1.82, 2.24) is 10.6 Å². The van der Waals surface area contributed by atoms with Crippen LogP contribution in [0.2, 0.25) is 0 Å². The maximum absolute atomic E-state index is 12.4. The Hall–Kier alpha value is -1.64. The van der Waals surface area contributed by atoms with E-state index < -0.39 is 0 Å². The first kappa shape index (κ1) is 20.7. The molecule has 0 spiro atoms. The Balaban J connectivity index is 0.00000243. The van der Waals surface area contributed by atoms with Crippen molar-refractivity contribution in [1.29, 1.82) is 0 Å². The monoisotopic (exact) mass is 485 g/mol. The van der Waals surface area contributed by atoms with Crippen LogP contribution in [0.5, 0.6) is 0 Å². The summed E-state index contributed by atoms with van der Waals surface area (Å²) in [6.07, 6.45) is 2.46. The van der Waals surface area contributed by atoms with Crippen molar-refractivity contribution in [2.24, 2.45) is 0 Å². The second kappa shape index (κ2) is 9.89. The van der Waals surface area contributed by atoms with Crippen LogP contribution >= 0.6 is 35.0 Å². The standard InChI is InChI=1S/C19H20IN3O2.ClH/c20-17-7-2-1-6-16(17)19(25)23-15-5-3-4-13(12-15)18(24)22-11-10-21-14-8-9-14;/h1-7,12,14,21H,8-11H2,(H,22,24)(H,23,25);1H. The van der Waals surface area contributed by atoms with Gasteiger partial charge in [0.05, 0.1) is 5.56 Å². The zero-order valence-corrected chi connectivity index (χ0v) is 17.1. The number of carbonyl (C=O) groups excluding carboxylic acids is 2. The van der Waals surface area contributed by atoms with Crippen LogP contribution in [0, 0.1) is 3.57 Å². The lowest BCUT2D eigenvalue weighted by Crippen LogP contribution is -2.32. The van der Waals surface area contributed by atoms with Gasteiger partial charge in [-0.3, -0.25) is 9.59 Å². The minimum Gasteiger partial charge on any atom is -0.351 e. The Labute approximate surface area is 172 Å². The van der Waals surface area contributed by atoms with Gasteiger partial charge in [-0.15, -0.1) is 12.4 Å². The van der Waals surface area contributed by atoms with Crippen LogP contribution in [0.1, 0.15) is 33.6 Å². The molecular weight excluding hydrogens is 465 g/mol. The summed E-state index contributed by atoms with van der Waals surface area (Å²) in [7, 11) is 0. The number of hydrogen-bond acceptors (Lipinski definition) is 3. The zero-order valence-electron chi connectivity index (χ0n) is 14.1. The molecule has 1 fully saturated rings. The minimum absolute atomic E-state index is 0. The summed E-state index contributed by atoms with van der Waals surface area (Å²) in [4.78, 5) is 24.6. The van der Waals surface area contributed by atoms with Gasteiger partial charge in [0.25, 0.3) is 11.8 Å². The number of anilines is 1. The largest absolute Gasteiger partial charge is 0.351 e. The predicted octanol–water partition coefficient (Wildman–Crippen LogP) is 3.45. The molecule has 2 aromatic rings. The van der Waals surface area contributed by atoms with E-state index in [0.29, 0.717) is 29.4 Å². The van der Waals surface area contributed by atoms with Crippen molar-refractivity contribution in [2.75, 3.05) is 18.4 Å². The van der Waals surface area contributed by atoms with Crippen molar-refractivity contribution in [3.8, 4) is 0 Å². The Kier molecular flexibility index (Phi) is 7.86. The zero-order chi connectivity index (χ0) is 17.6. The highest BCUT2D eigenvalue weighted by Crippen LogP contribution is 2.18. The summed E-state index contributed by atoms with van der Waals surface area (Å²) in [6.45, 7) is 1.37. The summed E-state index contributed by atoms with van der Waals surface area (Å²) in [6, 6.07) is 15.0. The van der Waals surface area contributed by atoms with E-state index in [-0.39, 0.29) is 24.2 Å². The molecule has 0 unspecified atom stereocenters. The molecule has 3 N–H and O–H groups in total. The average molecular weight is 486 g/mol. The molecule has 0 aromatic heterocycles. The van der Waals surface area contributed by atoms with Gasteiger partial charge < -0.3 is 16.0 Å². The lowest BCUT2D eigenvalue weighted by molar-refractivity contribution is 0.0952. The highest BCUT2D eigenvalue weighted by Gasteiger charge is 2.19. The highest BCUT2D eigenvalue weighted by atomic mass is 127. The van der Waals surface area contributed by atoms with Crippen LogP contribution in [0.25, 0.3) is 0 Å². The van der Waals surface area contributed by atoms with E-state index in [4.69, 9.17) is 0 Å². The molecule has 2 amide bonds.